The van der Waals surface area contributed by atoms with Crippen LogP contribution in [0.15, 0.2) is 59.0 Å². The second kappa shape index (κ2) is 8.65. The molecule has 5 heteroatoms. The lowest BCUT2D eigenvalue weighted by Gasteiger charge is -2.26. The number of fused-ring (bicyclic) bond motifs is 1. The lowest BCUT2D eigenvalue weighted by Crippen LogP contribution is -2.35. The summed E-state index contributed by atoms with van der Waals surface area (Å²) in [5.41, 5.74) is 4.53. The summed E-state index contributed by atoms with van der Waals surface area (Å²) in [5.74, 6) is 1.79. The Balaban J connectivity index is 1.44. The Labute approximate surface area is 189 Å². The van der Waals surface area contributed by atoms with Crippen molar-refractivity contribution in [1.29, 1.82) is 0 Å². The zero-order valence-corrected chi connectivity index (χ0v) is 19.2. The van der Waals surface area contributed by atoms with Crippen molar-refractivity contribution in [2.45, 2.75) is 47.1 Å². The van der Waals surface area contributed by atoms with Gasteiger partial charge in [-0.2, -0.15) is 0 Å². The quantitative estimate of drug-likeness (QED) is 0.567. The monoisotopic (exact) mass is 430 g/mol. The van der Waals surface area contributed by atoms with E-state index in [1.54, 1.807) is 0 Å². The smallest absolute Gasteiger partial charge is 0.254 e. The fraction of sp³-hybridized carbons (Fsp3) is 0.333. The van der Waals surface area contributed by atoms with Crippen LogP contribution in [0.25, 0.3) is 11.3 Å². The van der Waals surface area contributed by atoms with Crippen LogP contribution in [-0.4, -0.2) is 23.3 Å². The van der Waals surface area contributed by atoms with Crippen LogP contribution in [0.1, 0.15) is 54.4 Å². The summed E-state index contributed by atoms with van der Waals surface area (Å²) in [6.07, 6.45) is 1.17. The number of hydrogen-bond donors (Lipinski definition) is 1. The number of amides is 2. The second-order valence-corrected chi connectivity index (χ2v) is 9.77. The van der Waals surface area contributed by atoms with Gasteiger partial charge in [-0.1, -0.05) is 38.5 Å². The molecule has 1 aromatic heterocycles. The van der Waals surface area contributed by atoms with Gasteiger partial charge in [-0.05, 0) is 54.8 Å². The van der Waals surface area contributed by atoms with Crippen LogP contribution < -0.4 is 5.32 Å². The topological polar surface area (TPSA) is 62.6 Å². The van der Waals surface area contributed by atoms with Gasteiger partial charge >= 0.3 is 0 Å². The maximum absolute atomic E-state index is 12.9. The number of aryl methyl sites for hydroxylation is 1. The van der Waals surface area contributed by atoms with Gasteiger partial charge in [0, 0.05) is 48.3 Å². The molecule has 4 rings (SSSR count). The molecule has 0 atom stereocenters. The highest BCUT2D eigenvalue weighted by molar-refractivity contribution is 5.94. The molecule has 1 N–H and O–H groups in total. The van der Waals surface area contributed by atoms with E-state index in [-0.39, 0.29) is 17.2 Å². The first kappa shape index (κ1) is 21.9. The molecule has 0 radical (unpaired) electrons. The van der Waals surface area contributed by atoms with E-state index < -0.39 is 0 Å². The Kier molecular flexibility index (Phi) is 5.92. The molecule has 3 aromatic rings. The third-order valence-corrected chi connectivity index (χ3v) is 5.56. The van der Waals surface area contributed by atoms with E-state index in [0.29, 0.717) is 25.9 Å². The first-order valence-electron chi connectivity index (χ1n) is 11.1. The molecule has 0 unspecified atom stereocenters. The highest BCUT2D eigenvalue weighted by Crippen LogP contribution is 2.31. The third kappa shape index (κ3) is 5.10. The van der Waals surface area contributed by atoms with Gasteiger partial charge in [-0.25, -0.2) is 0 Å². The van der Waals surface area contributed by atoms with E-state index in [1.165, 1.54) is 0 Å². The summed E-state index contributed by atoms with van der Waals surface area (Å²) in [4.78, 5) is 27.0. The number of hydrogen-bond acceptors (Lipinski definition) is 3. The van der Waals surface area contributed by atoms with E-state index >= 15 is 0 Å². The van der Waals surface area contributed by atoms with Gasteiger partial charge in [0.25, 0.3) is 5.91 Å². The minimum atomic E-state index is -0.0497. The van der Waals surface area contributed by atoms with Crippen molar-refractivity contribution >= 4 is 17.5 Å². The summed E-state index contributed by atoms with van der Waals surface area (Å²) in [6, 6.07) is 17.4. The number of anilines is 1. The third-order valence-electron chi connectivity index (χ3n) is 5.56. The minimum absolute atomic E-state index is 0.0112. The molecule has 0 saturated carbocycles. The highest BCUT2D eigenvalue weighted by Gasteiger charge is 2.25. The first-order chi connectivity index (χ1) is 15.2. The molecule has 32 heavy (non-hydrogen) atoms. The predicted octanol–water partition coefficient (Wildman–Crippen LogP) is 5.83. The van der Waals surface area contributed by atoms with Gasteiger partial charge in [0.1, 0.15) is 11.5 Å². The van der Waals surface area contributed by atoms with Crippen molar-refractivity contribution in [3.63, 3.8) is 0 Å². The summed E-state index contributed by atoms with van der Waals surface area (Å²) < 4.78 is 6.11. The van der Waals surface area contributed by atoms with Gasteiger partial charge in [0.15, 0.2) is 0 Å². The number of nitrogens with zero attached hydrogens (tertiary/aromatic N) is 1. The molecule has 2 amide bonds. The maximum atomic E-state index is 12.9. The molecule has 2 heterocycles. The van der Waals surface area contributed by atoms with Crippen LogP contribution in [0, 0.1) is 12.3 Å². The molecule has 0 fully saturated rings. The first-order valence-corrected chi connectivity index (χ1v) is 11.1. The Morgan fingerprint density at radius 3 is 2.50 bits per heavy atom. The number of benzene rings is 2. The van der Waals surface area contributed by atoms with Crippen LogP contribution in [0.4, 0.5) is 5.69 Å². The maximum Gasteiger partial charge on any atom is 0.254 e. The minimum Gasteiger partial charge on any atom is -0.461 e. The largest absolute Gasteiger partial charge is 0.461 e. The van der Waals surface area contributed by atoms with E-state index in [2.05, 4.69) is 5.32 Å². The van der Waals surface area contributed by atoms with E-state index in [0.717, 1.165) is 39.5 Å². The van der Waals surface area contributed by atoms with E-state index in [9.17, 15) is 9.59 Å². The Morgan fingerprint density at radius 1 is 1.06 bits per heavy atom. The van der Waals surface area contributed by atoms with Crippen LogP contribution in [0.3, 0.4) is 0 Å². The molecule has 0 bridgehead atoms. The molecule has 0 saturated heterocycles. The highest BCUT2D eigenvalue weighted by atomic mass is 16.3. The van der Waals surface area contributed by atoms with Crippen LogP contribution in [0.2, 0.25) is 0 Å². The average molecular weight is 431 g/mol. The fourth-order valence-electron chi connectivity index (χ4n) is 4.01. The number of rotatable bonds is 4. The predicted molar refractivity (Wildman–Crippen MR) is 126 cm³/mol. The summed E-state index contributed by atoms with van der Waals surface area (Å²) >= 11 is 0. The zero-order chi connectivity index (χ0) is 22.9. The van der Waals surface area contributed by atoms with Gasteiger partial charge in [-0.3, -0.25) is 9.59 Å². The molecule has 5 nitrogen and oxygen atoms in total. The van der Waals surface area contributed by atoms with Crippen molar-refractivity contribution < 1.29 is 14.0 Å². The van der Waals surface area contributed by atoms with Crippen molar-refractivity contribution in [3.8, 4) is 11.3 Å². The van der Waals surface area contributed by atoms with Crippen molar-refractivity contribution in [2.24, 2.45) is 5.41 Å². The van der Waals surface area contributed by atoms with Crippen molar-refractivity contribution in [1.82, 2.24) is 4.90 Å². The number of nitrogens with one attached hydrogen (secondary N) is 1. The van der Waals surface area contributed by atoms with E-state index in [1.807, 2.05) is 87.2 Å². The van der Waals surface area contributed by atoms with Gasteiger partial charge in [0.05, 0.1) is 0 Å². The average Bonchev–Trinajstić information content (AvgIpc) is 3.15. The molecule has 0 aliphatic carbocycles. The summed E-state index contributed by atoms with van der Waals surface area (Å²) in [6.45, 7) is 9.32. The lowest BCUT2D eigenvalue weighted by molar-refractivity contribution is -0.117. The molecular formula is C27H30N2O3. The van der Waals surface area contributed by atoms with Crippen molar-refractivity contribution in [3.05, 3.63) is 77.0 Å². The molecule has 0 spiro atoms. The van der Waals surface area contributed by atoms with Crippen LogP contribution >= 0.6 is 0 Å². The molecule has 1 aliphatic rings. The number of furan rings is 1. The SMILES string of the molecule is Cc1cccc(C(=O)N2CCc3oc(-c4ccc(NC(=O)CC(C)(C)C)cc4)cc3C2)c1. The lowest BCUT2D eigenvalue weighted by atomic mass is 9.92. The molecule has 2 aromatic carbocycles. The molecular weight excluding hydrogens is 400 g/mol. The molecule has 166 valence electrons. The normalized spacial score (nSPS) is 13.6. The standard InChI is InChI=1S/C27H30N2O3/c1-18-6-5-7-20(14-18)26(31)29-13-12-23-21(17-29)15-24(32-23)19-8-10-22(11-9-19)28-25(30)16-27(2,3)4/h5-11,14-15H,12-13,16-17H2,1-4H3,(H,28,30). The van der Waals surface area contributed by atoms with Crippen molar-refractivity contribution in [2.75, 3.05) is 11.9 Å². The van der Waals surface area contributed by atoms with Gasteiger partial charge in [-0.15, -0.1) is 0 Å². The number of carbonyl (C=O) groups excluding carboxylic acids is 2. The Hall–Kier alpha value is -3.34. The van der Waals surface area contributed by atoms with Crippen LogP contribution in [-0.2, 0) is 17.8 Å². The van der Waals surface area contributed by atoms with E-state index in [4.69, 9.17) is 4.42 Å². The summed E-state index contributed by atoms with van der Waals surface area (Å²) in [7, 11) is 0. The van der Waals surface area contributed by atoms with Crippen LogP contribution in [0.5, 0.6) is 0 Å². The number of carbonyl (C=O) groups is 2. The Morgan fingerprint density at radius 2 is 1.81 bits per heavy atom. The second-order valence-electron chi connectivity index (χ2n) is 9.77. The summed E-state index contributed by atoms with van der Waals surface area (Å²) in [5, 5.41) is 2.95. The molecule has 1 aliphatic heterocycles. The Bertz CT molecular complexity index is 1140. The van der Waals surface area contributed by atoms with Gasteiger partial charge < -0.3 is 14.6 Å². The fourth-order valence-corrected chi connectivity index (χ4v) is 4.01. The van der Waals surface area contributed by atoms with Gasteiger partial charge in [0.2, 0.25) is 5.91 Å². The zero-order valence-electron chi connectivity index (χ0n) is 19.2.